The summed E-state index contributed by atoms with van der Waals surface area (Å²) < 4.78 is 32.2. The summed E-state index contributed by atoms with van der Waals surface area (Å²) >= 11 is 0.977. The molecule has 0 aliphatic carbocycles. The number of aryl methyl sites for hydroxylation is 2. The molecule has 9 nitrogen and oxygen atoms in total. The van der Waals surface area contributed by atoms with Crippen LogP contribution in [0.4, 0.5) is 10.7 Å². The standard InChI is InChI=1S/C28H31N3O6S2/c1-5-37-28(34)23-19(4)24(26(33)29-22-13-8-17(2)16-18(22)3)38-27(23)30-25(32)20-9-11-21(12-10-20)39(35,36)31-14-6-7-15-31/h8-13,16H,5-7,14-15H2,1-4H3,(H,29,33)(H,30,32). The maximum atomic E-state index is 13.2. The van der Waals surface area contributed by atoms with Gasteiger partial charge >= 0.3 is 5.97 Å². The van der Waals surface area contributed by atoms with Gasteiger partial charge in [-0.3, -0.25) is 9.59 Å². The van der Waals surface area contributed by atoms with E-state index in [-0.39, 0.29) is 32.5 Å². The summed E-state index contributed by atoms with van der Waals surface area (Å²) in [5.74, 6) is -1.61. The summed E-state index contributed by atoms with van der Waals surface area (Å²) in [5.41, 5.74) is 3.31. The molecule has 2 heterocycles. The molecule has 0 unspecified atom stereocenters. The fraction of sp³-hybridized carbons (Fsp3) is 0.321. The number of sulfonamides is 1. The number of ether oxygens (including phenoxy) is 1. The predicted octanol–water partition coefficient (Wildman–Crippen LogP) is 5.14. The number of esters is 1. The number of nitrogens with zero attached hydrogens (tertiary/aromatic N) is 1. The van der Waals surface area contributed by atoms with Gasteiger partial charge in [0.1, 0.15) is 5.00 Å². The number of thiophene rings is 1. The Morgan fingerprint density at radius 1 is 0.949 bits per heavy atom. The number of carbonyl (C=O) groups is 3. The average molecular weight is 570 g/mol. The number of benzene rings is 2. The van der Waals surface area contributed by atoms with Crippen LogP contribution in [0.5, 0.6) is 0 Å². The zero-order valence-corrected chi connectivity index (χ0v) is 23.9. The molecule has 1 aliphatic rings. The van der Waals surface area contributed by atoms with Crippen molar-refractivity contribution in [2.75, 3.05) is 30.3 Å². The molecule has 1 saturated heterocycles. The maximum absolute atomic E-state index is 13.2. The van der Waals surface area contributed by atoms with Crippen molar-refractivity contribution in [2.45, 2.75) is 45.4 Å². The van der Waals surface area contributed by atoms with Crippen molar-refractivity contribution in [2.24, 2.45) is 0 Å². The van der Waals surface area contributed by atoms with Crippen LogP contribution in [0.1, 0.15) is 66.8 Å². The van der Waals surface area contributed by atoms with E-state index in [4.69, 9.17) is 4.74 Å². The van der Waals surface area contributed by atoms with Crippen molar-refractivity contribution in [3.8, 4) is 0 Å². The van der Waals surface area contributed by atoms with Gasteiger partial charge < -0.3 is 15.4 Å². The van der Waals surface area contributed by atoms with Gasteiger partial charge in [-0.15, -0.1) is 11.3 Å². The summed E-state index contributed by atoms with van der Waals surface area (Å²) in [7, 11) is -3.61. The number of carbonyl (C=O) groups excluding carboxylic acids is 3. The van der Waals surface area contributed by atoms with Gasteiger partial charge in [0.2, 0.25) is 10.0 Å². The zero-order chi connectivity index (χ0) is 28.3. The molecule has 0 spiro atoms. The Morgan fingerprint density at radius 3 is 2.23 bits per heavy atom. The monoisotopic (exact) mass is 569 g/mol. The molecule has 2 N–H and O–H groups in total. The first-order valence-corrected chi connectivity index (χ1v) is 14.9. The SMILES string of the molecule is CCOC(=O)c1c(NC(=O)c2ccc(S(=O)(=O)N3CCCC3)cc2)sc(C(=O)Nc2ccc(C)cc2C)c1C. The van der Waals surface area contributed by atoms with E-state index in [1.165, 1.54) is 28.6 Å². The molecule has 0 saturated carbocycles. The Labute approximate surface area is 232 Å². The molecule has 0 bridgehead atoms. The summed E-state index contributed by atoms with van der Waals surface area (Å²) in [6.07, 6.45) is 1.65. The number of anilines is 2. The minimum Gasteiger partial charge on any atom is -0.462 e. The molecular formula is C28H31N3O6S2. The third-order valence-electron chi connectivity index (χ3n) is 6.51. The molecule has 0 radical (unpaired) electrons. The van der Waals surface area contributed by atoms with Crippen LogP contribution >= 0.6 is 11.3 Å². The van der Waals surface area contributed by atoms with Gasteiger partial charge in [-0.25, -0.2) is 13.2 Å². The van der Waals surface area contributed by atoms with E-state index >= 15 is 0 Å². The fourth-order valence-corrected chi connectivity index (χ4v) is 7.03. The van der Waals surface area contributed by atoms with Crippen molar-refractivity contribution in [3.05, 3.63) is 75.2 Å². The number of nitrogens with one attached hydrogen (secondary N) is 2. The summed E-state index contributed by atoms with van der Waals surface area (Å²) in [5, 5.41) is 5.77. The van der Waals surface area contributed by atoms with E-state index < -0.39 is 27.8 Å². The van der Waals surface area contributed by atoms with Crippen LogP contribution < -0.4 is 10.6 Å². The second-order valence-corrected chi connectivity index (χ2v) is 12.3. The third-order valence-corrected chi connectivity index (χ3v) is 9.63. The quantitative estimate of drug-likeness (QED) is 0.362. The molecule has 0 atom stereocenters. The predicted molar refractivity (Wildman–Crippen MR) is 151 cm³/mol. The Balaban J connectivity index is 1.59. The van der Waals surface area contributed by atoms with Gasteiger partial charge in [-0.2, -0.15) is 4.31 Å². The molecule has 1 aromatic heterocycles. The lowest BCUT2D eigenvalue weighted by molar-refractivity contribution is 0.0527. The first kappa shape index (κ1) is 28.5. The Bertz CT molecular complexity index is 1520. The van der Waals surface area contributed by atoms with Crippen LogP contribution in [-0.4, -0.2) is 50.2 Å². The fourth-order valence-electron chi connectivity index (χ4n) is 4.43. The number of amides is 2. The van der Waals surface area contributed by atoms with E-state index in [0.29, 0.717) is 24.3 Å². The van der Waals surface area contributed by atoms with Gasteiger partial charge in [-0.05, 0) is 82.0 Å². The van der Waals surface area contributed by atoms with Crippen LogP contribution in [0.25, 0.3) is 0 Å². The van der Waals surface area contributed by atoms with Gasteiger partial charge in [0, 0.05) is 24.3 Å². The molecule has 2 amide bonds. The highest BCUT2D eigenvalue weighted by atomic mass is 32.2. The second kappa shape index (κ2) is 11.7. The van der Waals surface area contributed by atoms with E-state index in [1.54, 1.807) is 13.8 Å². The van der Waals surface area contributed by atoms with Crippen molar-refractivity contribution in [3.63, 3.8) is 0 Å². The number of rotatable bonds is 8. The number of hydrogen-bond acceptors (Lipinski definition) is 7. The van der Waals surface area contributed by atoms with Crippen LogP contribution in [0.3, 0.4) is 0 Å². The van der Waals surface area contributed by atoms with Crippen LogP contribution in [-0.2, 0) is 14.8 Å². The van der Waals surface area contributed by atoms with Gasteiger partial charge in [0.05, 0.1) is 21.9 Å². The average Bonchev–Trinajstić information content (AvgIpc) is 3.55. The Kier molecular flexibility index (Phi) is 8.53. The van der Waals surface area contributed by atoms with Gasteiger partial charge in [-0.1, -0.05) is 17.7 Å². The molecule has 39 heavy (non-hydrogen) atoms. The van der Waals surface area contributed by atoms with Crippen LogP contribution in [0.2, 0.25) is 0 Å². The second-order valence-electron chi connectivity index (χ2n) is 9.34. The van der Waals surface area contributed by atoms with Crippen LogP contribution in [0, 0.1) is 20.8 Å². The van der Waals surface area contributed by atoms with Gasteiger partial charge in [0.15, 0.2) is 0 Å². The highest BCUT2D eigenvalue weighted by molar-refractivity contribution is 7.89. The first-order valence-electron chi connectivity index (χ1n) is 12.6. The van der Waals surface area contributed by atoms with E-state index in [1.807, 2.05) is 32.0 Å². The molecule has 2 aromatic carbocycles. The normalized spacial score (nSPS) is 13.7. The minimum absolute atomic E-state index is 0.106. The van der Waals surface area contributed by atoms with E-state index in [2.05, 4.69) is 10.6 Å². The highest BCUT2D eigenvalue weighted by Crippen LogP contribution is 2.35. The third kappa shape index (κ3) is 6.05. The maximum Gasteiger partial charge on any atom is 0.341 e. The minimum atomic E-state index is -3.61. The molecule has 4 rings (SSSR count). The van der Waals surface area contributed by atoms with Crippen molar-refractivity contribution >= 4 is 49.8 Å². The Morgan fingerprint density at radius 2 is 1.62 bits per heavy atom. The number of hydrogen-bond donors (Lipinski definition) is 2. The molecule has 1 fully saturated rings. The lowest BCUT2D eigenvalue weighted by Crippen LogP contribution is -2.27. The van der Waals surface area contributed by atoms with Crippen molar-refractivity contribution in [1.82, 2.24) is 4.31 Å². The summed E-state index contributed by atoms with van der Waals surface area (Å²) in [4.78, 5) is 39.5. The lowest BCUT2D eigenvalue weighted by Gasteiger charge is -2.15. The summed E-state index contributed by atoms with van der Waals surface area (Å²) in [6, 6.07) is 11.3. The first-order chi connectivity index (χ1) is 18.5. The smallest absolute Gasteiger partial charge is 0.341 e. The molecule has 206 valence electrons. The zero-order valence-electron chi connectivity index (χ0n) is 22.3. The molecule has 3 aromatic rings. The van der Waals surface area contributed by atoms with E-state index in [0.717, 1.165) is 35.3 Å². The summed E-state index contributed by atoms with van der Waals surface area (Å²) in [6.45, 7) is 8.25. The van der Waals surface area contributed by atoms with Crippen molar-refractivity contribution in [1.29, 1.82) is 0 Å². The van der Waals surface area contributed by atoms with Crippen molar-refractivity contribution < 1.29 is 27.5 Å². The largest absolute Gasteiger partial charge is 0.462 e. The molecule has 11 heteroatoms. The molecule has 1 aliphatic heterocycles. The van der Waals surface area contributed by atoms with Crippen LogP contribution in [0.15, 0.2) is 47.4 Å². The molecular weight excluding hydrogens is 538 g/mol. The van der Waals surface area contributed by atoms with Gasteiger partial charge in [0.25, 0.3) is 11.8 Å². The lowest BCUT2D eigenvalue weighted by atomic mass is 10.1. The van der Waals surface area contributed by atoms with E-state index in [9.17, 15) is 22.8 Å². The Hall–Kier alpha value is -3.54. The topological polar surface area (TPSA) is 122 Å². The highest BCUT2D eigenvalue weighted by Gasteiger charge is 2.29.